The van der Waals surface area contributed by atoms with Crippen molar-refractivity contribution in [3.05, 3.63) is 29.8 Å². The molecule has 0 atom stereocenters. The number of nitrogens with one attached hydrogen (secondary N) is 1. The van der Waals surface area contributed by atoms with Crippen LogP contribution < -0.4 is 10.1 Å². The summed E-state index contributed by atoms with van der Waals surface area (Å²) in [4.78, 5) is 25.0. The van der Waals surface area contributed by atoms with Crippen molar-refractivity contribution in [3.63, 3.8) is 0 Å². The summed E-state index contributed by atoms with van der Waals surface area (Å²) in [6, 6.07) is 7.67. The monoisotopic (exact) mass is 306 g/mol. The summed E-state index contributed by atoms with van der Waals surface area (Å²) < 4.78 is 10.2. The van der Waals surface area contributed by atoms with Crippen LogP contribution in [0.4, 0.5) is 4.79 Å². The summed E-state index contributed by atoms with van der Waals surface area (Å²) in [5.74, 6) is 0.581. The second kappa shape index (κ2) is 7.68. The maximum absolute atomic E-state index is 11.9. The first-order valence-corrected chi connectivity index (χ1v) is 7.41. The number of carbonyl (C=O) groups excluding carboxylic acids is 2. The fourth-order valence-corrected chi connectivity index (χ4v) is 2.47. The minimum atomic E-state index is -0.312. The SMILES string of the molecule is COC(=O)N1CCC(NC(=O)COc2ccccc2C)CC1. The van der Waals surface area contributed by atoms with Crippen LogP contribution in [-0.4, -0.2) is 49.7 Å². The molecule has 1 saturated heterocycles. The fraction of sp³-hybridized carbons (Fsp3) is 0.500. The molecule has 0 aliphatic carbocycles. The van der Waals surface area contributed by atoms with Crippen molar-refractivity contribution in [2.75, 3.05) is 26.8 Å². The van der Waals surface area contributed by atoms with Gasteiger partial charge < -0.3 is 19.7 Å². The van der Waals surface area contributed by atoms with Gasteiger partial charge in [0.2, 0.25) is 0 Å². The molecular formula is C16H22N2O4. The summed E-state index contributed by atoms with van der Waals surface area (Å²) in [6.07, 6.45) is 1.14. The van der Waals surface area contributed by atoms with Gasteiger partial charge >= 0.3 is 6.09 Å². The first-order chi connectivity index (χ1) is 10.6. The van der Waals surface area contributed by atoms with Crippen LogP contribution in [0.15, 0.2) is 24.3 Å². The molecule has 1 heterocycles. The highest BCUT2D eigenvalue weighted by molar-refractivity contribution is 5.78. The molecule has 0 spiro atoms. The van der Waals surface area contributed by atoms with Crippen LogP contribution >= 0.6 is 0 Å². The Hall–Kier alpha value is -2.24. The van der Waals surface area contributed by atoms with E-state index < -0.39 is 0 Å². The van der Waals surface area contributed by atoms with Gasteiger partial charge in [0.1, 0.15) is 5.75 Å². The maximum atomic E-state index is 11.9. The first kappa shape index (κ1) is 16.1. The van der Waals surface area contributed by atoms with Gasteiger partial charge in [-0.1, -0.05) is 18.2 Å². The number of ether oxygens (including phenoxy) is 2. The van der Waals surface area contributed by atoms with Gasteiger partial charge in [-0.15, -0.1) is 0 Å². The number of methoxy groups -OCH3 is 1. The van der Waals surface area contributed by atoms with E-state index in [9.17, 15) is 9.59 Å². The average molecular weight is 306 g/mol. The number of nitrogens with zero attached hydrogens (tertiary/aromatic N) is 1. The quantitative estimate of drug-likeness (QED) is 0.919. The second-order valence-electron chi connectivity index (χ2n) is 5.35. The van der Waals surface area contributed by atoms with E-state index in [4.69, 9.17) is 4.74 Å². The molecule has 22 heavy (non-hydrogen) atoms. The highest BCUT2D eigenvalue weighted by Gasteiger charge is 2.24. The smallest absolute Gasteiger partial charge is 0.409 e. The van der Waals surface area contributed by atoms with E-state index >= 15 is 0 Å². The predicted octanol–water partition coefficient (Wildman–Crippen LogP) is 1.72. The number of benzene rings is 1. The molecule has 0 aromatic heterocycles. The van der Waals surface area contributed by atoms with Crippen LogP contribution in [0, 0.1) is 6.92 Å². The van der Waals surface area contributed by atoms with Gasteiger partial charge in [-0.25, -0.2) is 4.79 Å². The summed E-state index contributed by atoms with van der Waals surface area (Å²) in [5, 5.41) is 2.94. The Morgan fingerprint density at radius 2 is 1.95 bits per heavy atom. The third kappa shape index (κ3) is 4.38. The van der Waals surface area contributed by atoms with Crippen LogP contribution in [0.25, 0.3) is 0 Å². The van der Waals surface area contributed by atoms with E-state index in [1.807, 2.05) is 31.2 Å². The molecule has 0 bridgehead atoms. The van der Waals surface area contributed by atoms with Gasteiger partial charge in [0.15, 0.2) is 6.61 Å². The number of rotatable bonds is 4. The van der Waals surface area contributed by atoms with Crippen molar-refractivity contribution in [2.24, 2.45) is 0 Å². The molecular weight excluding hydrogens is 284 g/mol. The predicted molar refractivity (Wildman–Crippen MR) is 81.8 cm³/mol. The molecule has 0 radical (unpaired) electrons. The molecule has 1 aliphatic rings. The molecule has 6 nitrogen and oxygen atoms in total. The zero-order valence-corrected chi connectivity index (χ0v) is 13.0. The minimum Gasteiger partial charge on any atom is -0.484 e. The third-order valence-corrected chi connectivity index (χ3v) is 3.75. The van der Waals surface area contributed by atoms with Gasteiger partial charge in [-0.05, 0) is 31.4 Å². The molecule has 2 rings (SSSR count). The number of carbonyl (C=O) groups is 2. The first-order valence-electron chi connectivity index (χ1n) is 7.41. The molecule has 1 aromatic carbocycles. The molecule has 120 valence electrons. The lowest BCUT2D eigenvalue weighted by Crippen LogP contribution is -2.47. The van der Waals surface area contributed by atoms with Crippen molar-refractivity contribution in [1.29, 1.82) is 0 Å². The maximum Gasteiger partial charge on any atom is 0.409 e. The Bertz CT molecular complexity index is 525. The molecule has 1 aliphatic heterocycles. The van der Waals surface area contributed by atoms with Crippen LogP contribution in [-0.2, 0) is 9.53 Å². The number of piperidine rings is 1. The highest BCUT2D eigenvalue weighted by Crippen LogP contribution is 2.16. The lowest BCUT2D eigenvalue weighted by Gasteiger charge is -2.31. The van der Waals surface area contributed by atoms with E-state index in [1.165, 1.54) is 7.11 Å². The van der Waals surface area contributed by atoms with E-state index in [2.05, 4.69) is 10.1 Å². The minimum absolute atomic E-state index is 0.00205. The van der Waals surface area contributed by atoms with E-state index in [-0.39, 0.29) is 24.6 Å². The Kier molecular flexibility index (Phi) is 5.63. The van der Waals surface area contributed by atoms with Crippen molar-refractivity contribution >= 4 is 12.0 Å². The third-order valence-electron chi connectivity index (χ3n) is 3.75. The van der Waals surface area contributed by atoms with Crippen LogP contribution in [0.5, 0.6) is 5.75 Å². The zero-order valence-electron chi connectivity index (χ0n) is 13.0. The van der Waals surface area contributed by atoms with E-state index in [0.717, 1.165) is 24.2 Å². The van der Waals surface area contributed by atoms with E-state index in [1.54, 1.807) is 4.90 Å². The Balaban J connectivity index is 1.72. The Morgan fingerprint density at radius 1 is 1.27 bits per heavy atom. The standard InChI is InChI=1S/C16H22N2O4/c1-12-5-3-4-6-14(12)22-11-15(19)17-13-7-9-18(10-8-13)16(20)21-2/h3-6,13H,7-11H2,1-2H3,(H,17,19). The summed E-state index contributed by atoms with van der Waals surface area (Å²) in [7, 11) is 1.37. The fourth-order valence-electron chi connectivity index (χ4n) is 2.47. The van der Waals surface area contributed by atoms with Crippen molar-refractivity contribution in [2.45, 2.75) is 25.8 Å². The largest absolute Gasteiger partial charge is 0.484 e. The summed E-state index contributed by atoms with van der Waals surface area (Å²) in [6.45, 7) is 3.13. The number of amides is 2. The van der Waals surface area contributed by atoms with Crippen LogP contribution in [0.1, 0.15) is 18.4 Å². The molecule has 2 amide bonds. The second-order valence-corrected chi connectivity index (χ2v) is 5.35. The Morgan fingerprint density at radius 3 is 2.59 bits per heavy atom. The Labute approximate surface area is 130 Å². The van der Waals surface area contributed by atoms with Gasteiger partial charge in [0.25, 0.3) is 5.91 Å². The number of aryl methyl sites for hydroxylation is 1. The lowest BCUT2D eigenvalue weighted by molar-refractivity contribution is -0.124. The van der Waals surface area contributed by atoms with Gasteiger partial charge in [-0.2, -0.15) is 0 Å². The lowest BCUT2D eigenvalue weighted by atomic mass is 10.1. The molecule has 1 N–H and O–H groups in total. The van der Waals surface area contributed by atoms with Crippen molar-refractivity contribution < 1.29 is 19.1 Å². The molecule has 1 aromatic rings. The number of hydrogen-bond donors (Lipinski definition) is 1. The number of hydrogen-bond acceptors (Lipinski definition) is 4. The normalized spacial score (nSPS) is 15.3. The molecule has 0 saturated carbocycles. The van der Waals surface area contributed by atoms with Gasteiger partial charge in [-0.3, -0.25) is 4.79 Å². The van der Waals surface area contributed by atoms with Gasteiger partial charge in [0, 0.05) is 19.1 Å². The molecule has 0 unspecified atom stereocenters. The topological polar surface area (TPSA) is 67.9 Å². The highest BCUT2D eigenvalue weighted by atomic mass is 16.5. The summed E-state index contributed by atoms with van der Waals surface area (Å²) >= 11 is 0. The van der Waals surface area contributed by atoms with Gasteiger partial charge in [0.05, 0.1) is 7.11 Å². The molecule has 1 fully saturated rings. The average Bonchev–Trinajstić information content (AvgIpc) is 2.54. The number of likely N-dealkylation sites (tertiary alicyclic amines) is 1. The molecule has 6 heteroatoms. The van der Waals surface area contributed by atoms with Crippen LogP contribution in [0.3, 0.4) is 0 Å². The van der Waals surface area contributed by atoms with Crippen molar-refractivity contribution in [3.8, 4) is 5.75 Å². The van der Waals surface area contributed by atoms with Crippen LogP contribution in [0.2, 0.25) is 0 Å². The van der Waals surface area contributed by atoms with Crippen molar-refractivity contribution in [1.82, 2.24) is 10.2 Å². The summed E-state index contributed by atoms with van der Waals surface area (Å²) in [5.41, 5.74) is 1.00. The van der Waals surface area contributed by atoms with E-state index in [0.29, 0.717) is 13.1 Å². The zero-order chi connectivity index (χ0) is 15.9. The number of para-hydroxylation sites is 1.